The number of Topliss-reactive ketones (excluding diaryl/α,β-unsaturated/α-hetero) is 1. The number of allylic oxidation sites excluding steroid dienone is 1. The summed E-state index contributed by atoms with van der Waals surface area (Å²) in [7, 11) is 0. The topological polar surface area (TPSA) is 81.8 Å². The number of aromatic nitrogens is 4. The number of benzene rings is 1. The summed E-state index contributed by atoms with van der Waals surface area (Å²) in [5.74, 6) is -0.372. The molecule has 7 heteroatoms. The molecule has 1 N–H and O–H groups in total. The van der Waals surface area contributed by atoms with Crippen molar-refractivity contribution in [2.75, 3.05) is 5.32 Å². The Labute approximate surface area is 143 Å². The average Bonchev–Trinajstić information content (AvgIpc) is 3.19. The smallest absolute Gasteiger partial charge is 0.221 e. The van der Waals surface area contributed by atoms with Crippen LogP contribution in [0.1, 0.15) is 28.7 Å². The number of carbonyl (C=O) groups excluding carboxylic acids is 2. The van der Waals surface area contributed by atoms with E-state index in [4.69, 9.17) is 0 Å². The minimum Gasteiger partial charge on any atom is -0.342 e. The first kappa shape index (κ1) is 15.1. The van der Waals surface area contributed by atoms with Gasteiger partial charge in [-0.1, -0.05) is 17.3 Å². The first-order chi connectivity index (χ1) is 12.1. The predicted octanol–water partition coefficient (Wildman–Crippen LogP) is 2.28. The molecular weight excluding hydrogens is 318 g/mol. The van der Waals surface area contributed by atoms with Gasteiger partial charge in [0.25, 0.3) is 0 Å². The summed E-state index contributed by atoms with van der Waals surface area (Å²) in [5, 5.41) is 10.7. The van der Waals surface area contributed by atoms with E-state index < -0.39 is 0 Å². The van der Waals surface area contributed by atoms with Gasteiger partial charge in [-0.25, -0.2) is 4.68 Å². The zero-order valence-electron chi connectivity index (χ0n) is 13.5. The number of ketones is 1. The highest BCUT2D eigenvalue weighted by Gasteiger charge is 2.22. The standard InChI is InChI=1S/C18H15N5O2/c1-12(24)20-14-5-2-4-13(8-14)18(25)17-9-15-6-3-7-22(15)11-16-10-19-21-23(16)17/h2-10H,11H2,1H3,(H,20,24). The van der Waals surface area contributed by atoms with Crippen LogP contribution in [-0.2, 0) is 11.3 Å². The van der Waals surface area contributed by atoms with Gasteiger partial charge in [0.05, 0.1) is 18.4 Å². The monoisotopic (exact) mass is 333 g/mol. The molecule has 3 heterocycles. The van der Waals surface area contributed by atoms with Crippen molar-refractivity contribution < 1.29 is 9.59 Å². The van der Waals surface area contributed by atoms with Gasteiger partial charge in [-0.05, 0) is 30.3 Å². The fourth-order valence-corrected chi connectivity index (χ4v) is 2.90. The lowest BCUT2D eigenvalue weighted by atomic mass is 10.1. The summed E-state index contributed by atoms with van der Waals surface area (Å²) in [5.41, 5.74) is 3.22. The first-order valence-corrected chi connectivity index (χ1v) is 7.81. The maximum atomic E-state index is 13.1. The molecule has 0 fully saturated rings. The van der Waals surface area contributed by atoms with Crippen LogP contribution in [0.3, 0.4) is 0 Å². The summed E-state index contributed by atoms with van der Waals surface area (Å²) in [4.78, 5) is 24.3. The lowest BCUT2D eigenvalue weighted by Gasteiger charge is -2.09. The van der Waals surface area contributed by atoms with E-state index in [-0.39, 0.29) is 11.7 Å². The van der Waals surface area contributed by atoms with E-state index >= 15 is 0 Å². The van der Waals surface area contributed by atoms with Crippen molar-refractivity contribution in [2.24, 2.45) is 0 Å². The number of hydrogen-bond donors (Lipinski definition) is 1. The molecule has 1 aromatic carbocycles. The zero-order chi connectivity index (χ0) is 17.4. The Bertz CT molecular complexity index is 1010. The van der Waals surface area contributed by atoms with Gasteiger partial charge < -0.3 is 9.88 Å². The second-order valence-corrected chi connectivity index (χ2v) is 5.82. The highest BCUT2D eigenvalue weighted by molar-refractivity contribution is 6.28. The van der Waals surface area contributed by atoms with Crippen molar-refractivity contribution in [1.29, 1.82) is 0 Å². The number of rotatable bonds is 3. The third-order valence-corrected chi connectivity index (χ3v) is 4.01. The molecule has 0 spiro atoms. The highest BCUT2D eigenvalue weighted by atomic mass is 16.1. The third-order valence-electron chi connectivity index (χ3n) is 4.01. The number of amides is 1. The van der Waals surface area contributed by atoms with Gasteiger partial charge in [-0.2, -0.15) is 0 Å². The van der Waals surface area contributed by atoms with Crippen LogP contribution in [0.4, 0.5) is 5.69 Å². The van der Waals surface area contributed by atoms with E-state index in [1.807, 2.05) is 22.9 Å². The minimum atomic E-state index is -0.186. The van der Waals surface area contributed by atoms with E-state index in [0.717, 1.165) is 11.4 Å². The Balaban J connectivity index is 1.78. The van der Waals surface area contributed by atoms with Gasteiger partial charge in [0.2, 0.25) is 11.7 Å². The number of anilines is 1. The number of fused-ring (bicyclic) bond motifs is 2. The molecule has 1 aliphatic rings. The van der Waals surface area contributed by atoms with Crippen LogP contribution in [-0.4, -0.2) is 31.3 Å². The van der Waals surface area contributed by atoms with E-state index in [0.29, 0.717) is 23.5 Å². The highest BCUT2D eigenvalue weighted by Crippen LogP contribution is 2.24. The summed E-state index contributed by atoms with van der Waals surface area (Å²) in [6.45, 7) is 2.02. The van der Waals surface area contributed by atoms with Gasteiger partial charge in [-0.3, -0.25) is 9.59 Å². The Kier molecular flexibility index (Phi) is 3.53. The molecule has 0 atom stereocenters. The normalized spacial score (nSPS) is 12.6. The van der Waals surface area contributed by atoms with Gasteiger partial charge in [0.1, 0.15) is 5.70 Å². The summed E-state index contributed by atoms with van der Waals surface area (Å²) in [6, 6.07) is 10.7. The summed E-state index contributed by atoms with van der Waals surface area (Å²) >= 11 is 0. The van der Waals surface area contributed by atoms with E-state index in [1.165, 1.54) is 6.92 Å². The third kappa shape index (κ3) is 2.76. The Morgan fingerprint density at radius 1 is 1.20 bits per heavy atom. The average molecular weight is 333 g/mol. The SMILES string of the molecule is CC(=O)Nc1cccc(C(=O)C2=Cc3cccn3Cc3cnnn32)c1. The molecule has 0 saturated carbocycles. The van der Waals surface area contributed by atoms with Crippen molar-refractivity contribution >= 4 is 29.2 Å². The second kappa shape index (κ2) is 5.86. The van der Waals surface area contributed by atoms with Gasteiger partial charge in [0.15, 0.2) is 0 Å². The van der Waals surface area contributed by atoms with Crippen molar-refractivity contribution in [2.45, 2.75) is 13.5 Å². The van der Waals surface area contributed by atoms with E-state index in [1.54, 1.807) is 41.2 Å². The number of nitrogens with zero attached hydrogens (tertiary/aromatic N) is 4. The van der Waals surface area contributed by atoms with Gasteiger partial charge in [0, 0.05) is 30.1 Å². The van der Waals surface area contributed by atoms with Crippen LogP contribution in [0.25, 0.3) is 11.8 Å². The van der Waals surface area contributed by atoms with Crippen molar-refractivity contribution in [1.82, 2.24) is 19.6 Å². The van der Waals surface area contributed by atoms with Crippen molar-refractivity contribution in [3.05, 3.63) is 65.7 Å². The largest absolute Gasteiger partial charge is 0.342 e. The fourth-order valence-electron chi connectivity index (χ4n) is 2.90. The molecule has 2 aromatic heterocycles. The van der Waals surface area contributed by atoms with Gasteiger partial charge >= 0.3 is 0 Å². The number of nitrogens with one attached hydrogen (secondary N) is 1. The van der Waals surface area contributed by atoms with Crippen LogP contribution in [0, 0.1) is 0 Å². The molecule has 0 saturated heterocycles. The molecule has 124 valence electrons. The predicted molar refractivity (Wildman–Crippen MR) is 92.8 cm³/mol. The summed E-state index contributed by atoms with van der Waals surface area (Å²) < 4.78 is 3.60. The molecule has 0 unspecified atom stereocenters. The molecule has 4 rings (SSSR count). The molecular formula is C18H15N5O2. The molecule has 25 heavy (non-hydrogen) atoms. The Morgan fingerprint density at radius 2 is 2.08 bits per heavy atom. The first-order valence-electron chi connectivity index (χ1n) is 7.81. The van der Waals surface area contributed by atoms with Crippen molar-refractivity contribution in [3.63, 3.8) is 0 Å². The van der Waals surface area contributed by atoms with Crippen molar-refractivity contribution in [3.8, 4) is 0 Å². The Hall–Kier alpha value is -3.48. The molecule has 7 nitrogen and oxygen atoms in total. The quantitative estimate of drug-likeness (QED) is 0.746. The van der Waals surface area contributed by atoms with Crippen LogP contribution < -0.4 is 5.32 Å². The van der Waals surface area contributed by atoms with Crippen LogP contribution in [0.2, 0.25) is 0 Å². The molecule has 0 radical (unpaired) electrons. The molecule has 3 aromatic rings. The molecule has 0 aliphatic carbocycles. The maximum Gasteiger partial charge on any atom is 0.221 e. The summed E-state index contributed by atoms with van der Waals surface area (Å²) in [6.07, 6.45) is 5.41. The molecule has 1 amide bonds. The van der Waals surface area contributed by atoms with Crippen LogP contribution in [0.5, 0.6) is 0 Å². The molecule has 1 aliphatic heterocycles. The van der Waals surface area contributed by atoms with E-state index in [2.05, 4.69) is 15.6 Å². The van der Waals surface area contributed by atoms with Crippen LogP contribution >= 0.6 is 0 Å². The van der Waals surface area contributed by atoms with Crippen LogP contribution in [0.15, 0.2) is 48.8 Å². The van der Waals surface area contributed by atoms with E-state index in [9.17, 15) is 9.59 Å². The fraction of sp³-hybridized carbons (Fsp3) is 0.111. The minimum absolute atomic E-state index is 0.185. The zero-order valence-corrected chi connectivity index (χ0v) is 13.5. The maximum absolute atomic E-state index is 13.1. The Morgan fingerprint density at radius 3 is 2.92 bits per heavy atom. The lowest BCUT2D eigenvalue weighted by molar-refractivity contribution is -0.114. The number of carbonyl (C=O) groups is 2. The van der Waals surface area contributed by atoms with Gasteiger partial charge in [-0.15, -0.1) is 5.10 Å². The second-order valence-electron chi connectivity index (χ2n) is 5.82. The number of hydrogen-bond acceptors (Lipinski definition) is 4. The lowest BCUT2D eigenvalue weighted by Crippen LogP contribution is -2.13. The molecule has 0 bridgehead atoms.